The highest BCUT2D eigenvalue weighted by Crippen LogP contribution is 2.12. The van der Waals surface area contributed by atoms with Crippen LogP contribution in [0.15, 0.2) is 24.4 Å². The van der Waals surface area contributed by atoms with Gasteiger partial charge in [0.15, 0.2) is 0 Å². The number of nitrogens with zero attached hydrogens (tertiary/aromatic N) is 1. The van der Waals surface area contributed by atoms with Gasteiger partial charge < -0.3 is 37.0 Å². The van der Waals surface area contributed by atoms with Crippen molar-refractivity contribution in [3.05, 3.63) is 30.1 Å². The van der Waals surface area contributed by atoms with Crippen LogP contribution in [-0.2, 0) is 35.2 Å². The second kappa shape index (κ2) is 24.2. The van der Waals surface area contributed by atoms with E-state index in [0.29, 0.717) is 38.6 Å². The van der Waals surface area contributed by atoms with Crippen molar-refractivity contribution in [2.75, 3.05) is 13.1 Å². The molecule has 0 aliphatic carbocycles. The fourth-order valence-corrected chi connectivity index (χ4v) is 5.43. The third-order valence-corrected chi connectivity index (χ3v) is 8.64. The van der Waals surface area contributed by atoms with Crippen LogP contribution in [0.2, 0.25) is 0 Å². The Morgan fingerprint density at radius 1 is 0.804 bits per heavy atom. The van der Waals surface area contributed by atoms with Crippen molar-refractivity contribution in [1.82, 2.24) is 36.9 Å². The zero-order chi connectivity index (χ0) is 38.5. The predicted octanol–water partition coefficient (Wildman–Crippen LogP) is 2.46. The van der Waals surface area contributed by atoms with Gasteiger partial charge >= 0.3 is 5.97 Å². The van der Waals surface area contributed by atoms with E-state index in [1.54, 1.807) is 13.1 Å². The predicted molar refractivity (Wildman–Crippen MR) is 196 cm³/mol. The third-order valence-electron chi connectivity index (χ3n) is 8.64. The Labute approximate surface area is 303 Å². The monoisotopic (exact) mass is 717 g/mol. The summed E-state index contributed by atoms with van der Waals surface area (Å²) in [4.78, 5) is 80.8. The maximum atomic E-state index is 13.6. The topological polar surface area (TPSA) is 208 Å². The van der Waals surface area contributed by atoms with Gasteiger partial charge in [0.05, 0.1) is 6.04 Å². The summed E-state index contributed by atoms with van der Waals surface area (Å²) in [6.07, 6.45) is 4.45. The standard InChI is InChI=1S/C37H63N7O7/c1-9-14-29(42-37(51)33(25(7)10-2)43-30(45)16-13-17-31(46)47)35(49)41-28(21-23(3)4)22-40-26(8)34(48)44-32(24(5)6)36(50)39-20-18-27-15-11-12-19-38-27/h11-12,15,19,23-26,28-29,32-33,40H,9-10,13-14,16-18,20-22H2,1-8H3,(H,39,50)(H,41,49)(H,42,51)(H,43,45)(H,44,48)(H,46,47)/t25-,26-,28-,29-,32?,33-/m0/s1. The van der Waals surface area contributed by atoms with Crippen LogP contribution < -0.4 is 31.9 Å². The van der Waals surface area contributed by atoms with Crippen molar-refractivity contribution in [1.29, 1.82) is 0 Å². The maximum Gasteiger partial charge on any atom is 0.303 e. The molecule has 0 radical (unpaired) electrons. The van der Waals surface area contributed by atoms with Crippen LogP contribution in [0.4, 0.5) is 0 Å². The smallest absolute Gasteiger partial charge is 0.303 e. The molecule has 0 aliphatic heterocycles. The van der Waals surface area contributed by atoms with Gasteiger partial charge in [-0.15, -0.1) is 0 Å². The Morgan fingerprint density at radius 2 is 1.51 bits per heavy atom. The normalized spacial score (nSPS) is 14.8. The van der Waals surface area contributed by atoms with Crippen molar-refractivity contribution in [2.45, 2.75) is 137 Å². The van der Waals surface area contributed by atoms with Gasteiger partial charge in [-0.05, 0) is 56.1 Å². The summed E-state index contributed by atoms with van der Waals surface area (Å²) in [5.41, 5.74) is 0.859. The van der Waals surface area contributed by atoms with E-state index in [9.17, 15) is 28.8 Å². The van der Waals surface area contributed by atoms with Gasteiger partial charge in [-0.3, -0.25) is 33.8 Å². The lowest BCUT2D eigenvalue weighted by molar-refractivity contribution is -0.137. The molecule has 0 aliphatic rings. The molecule has 6 atom stereocenters. The second-order valence-corrected chi connectivity index (χ2v) is 14.1. The minimum atomic E-state index is -0.996. The van der Waals surface area contributed by atoms with Gasteiger partial charge in [0.2, 0.25) is 29.5 Å². The molecular weight excluding hydrogens is 654 g/mol. The fourth-order valence-electron chi connectivity index (χ4n) is 5.43. The summed E-state index contributed by atoms with van der Waals surface area (Å²) in [5.74, 6) is -3.05. The van der Waals surface area contributed by atoms with Gasteiger partial charge in [0.25, 0.3) is 0 Å². The molecule has 1 heterocycles. The molecular formula is C37H63N7O7. The van der Waals surface area contributed by atoms with E-state index >= 15 is 0 Å². The zero-order valence-corrected chi connectivity index (χ0v) is 31.8. The molecule has 0 aromatic carbocycles. The molecule has 1 aromatic heterocycles. The first-order valence-electron chi connectivity index (χ1n) is 18.4. The maximum absolute atomic E-state index is 13.6. The molecule has 0 fully saturated rings. The Bertz CT molecular complexity index is 1240. The molecule has 51 heavy (non-hydrogen) atoms. The highest BCUT2D eigenvalue weighted by atomic mass is 16.4. The first-order valence-corrected chi connectivity index (χ1v) is 18.4. The highest BCUT2D eigenvalue weighted by Gasteiger charge is 2.31. The Hall–Kier alpha value is -4.07. The fraction of sp³-hybridized carbons (Fsp3) is 0.703. The van der Waals surface area contributed by atoms with Crippen LogP contribution in [0, 0.1) is 17.8 Å². The zero-order valence-electron chi connectivity index (χ0n) is 31.8. The van der Waals surface area contributed by atoms with Crippen molar-refractivity contribution in [2.24, 2.45) is 17.8 Å². The van der Waals surface area contributed by atoms with E-state index in [2.05, 4.69) is 36.9 Å². The molecule has 0 saturated carbocycles. The van der Waals surface area contributed by atoms with Gasteiger partial charge in [0, 0.05) is 50.3 Å². The van der Waals surface area contributed by atoms with Crippen LogP contribution >= 0.6 is 0 Å². The van der Waals surface area contributed by atoms with E-state index in [1.165, 1.54) is 0 Å². The molecule has 0 spiro atoms. The van der Waals surface area contributed by atoms with Crippen LogP contribution in [0.5, 0.6) is 0 Å². The van der Waals surface area contributed by atoms with Crippen molar-refractivity contribution in [3.63, 3.8) is 0 Å². The molecule has 288 valence electrons. The average Bonchev–Trinajstić information content (AvgIpc) is 3.07. The highest BCUT2D eigenvalue weighted by molar-refractivity contribution is 5.92. The third kappa shape index (κ3) is 18.1. The van der Waals surface area contributed by atoms with Gasteiger partial charge in [0.1, 0.15) is 18.1 Å². The molecule has 7 N–H and O–H groups in total. The van der Waals surface area contributed by atoms with Crippen molar-refractivity contribution in [3.8, 4) is 0 Å². The molecule has 1 unspecified atom stereocenters. The minimum absolute atomic E-state index is 0.0241. The molecule has 1 aromatic rings. The lowest BCUT2D eigenvalue weighted by atomic mass is 9.97. The molecule has 0 saturated heterocycles. The summed E-state index contributed by atoms with van der Waals surface area (Å²) in [6.45, 7) is 15.8. The number of carbonyl (C=O) groups excluding carboxylic acids is 5. The number of nitrogens with one attached hydrogen (secondary N) is 6. The number of pyridine rings is 1. The number of aromatic nitrogens is 1. The lowest BCUT2D eigenvalue weighted by Crippen LogP contribution is -2.58. The summed E-state index contributed by atoms with van der Waals surface area (Å²) in [5, 5.41) is 26.4. The molecule has 5 amide bonds. The molecule has 14 heteroatoms. The number of hydrogen-bond acceptors (Lipinski definition) is 8. The summed E-state index contributed by atoms with van der Waals surface area (Å²) in [7, 11) is 0. The Balaban J connectivity index is 2.86. The van der Waals surface area contributed by atoms with Crippen LogP contribution in [0.3, 0.4) is 0 Å². The number of carbonyl (C=O) groups is 6. The van der Waals surface area contributed by atoms with Gasteiger partial charge in [-0.2, -0.15) is 0 Å². The van der Waals surface area contributed by atoms with Crippen LogP contribution in [0.25, 0.3) is 0 Å². The summed E-state index contributed by atoms with van der Waals surface area (Å²) >= 11 is 0. The van der Waals surface area contributed by atoms with Gasteiger partial charge in [-0.1, -0.05) is 67.4 Å². The number of amides is 5. The number of carboxylic acid groups (broad SMARTS) is 1. The van der Waals surface area contributed by atoms with Crippen molar-refractivity contribution < 1.29 is 33.9 Å². The lowest BCUT2D eigenvalue weighted by Gasteiger charge is -2.29. The number of aliphatic carboxylic acids is 1. The first kappa shape index (κ1) is 45.0. The average molecular weight is 718 g/mol. The van der Waals surface area contributed by atoms with Crippen LogP contribution in [0.1, 0.15) is 106 Å². The number of rotatable bonds is 25. The minimum Gasteiger partial charge on any atom is -0.481 e. The molecule has 1 rings (SSSR count). The summed E-state index contributed by atoms with van der Waals surface area (Å²) in [6, 6.07) is 2.11. The Kier molecular flexibility index (Phi) is 21.3. The van der Waals surface area contributed by atoms with Crippen LogP contribution in [-0.4, -0.2) is 88.9 Å². The van der Waals surface area contributed by atoms with Gasteiger partial charge in [-0.25, -0.2) is 0 Å². The number of carboxylic acids is 1. The van der Waals surface area contributed by atoms with E-state index in [4.69, 9.17) is 5.11 Å². The SMILES string of the molecule is CCC[C@H](NC(=O)[C@@H](NC(=O)CCCC(=O)O)[C@@H](C)CC)C(=O)N[C@H](CN[C@@H](C)C(=O)NC(C(=O)NCCc1ccccn1)C(C)C)CC(C)C. The van der Waals surface area contributed by atoms with Crippen molar-refractivity contribution >= 4 is 35.5 Å². The van der Waals surface area contributed by atoms with E-state index in [-0.39, 0.29) is 67.3 Å². The quantitative estimate of drug-likeness (QED) is 0.0792. The van der Waals surface area contributed by atoms with E-state index < -0.39 is 42.0 Å². The molecule has 0 bridgehead atoms. The van der Waals surface area contributed by atoms with E-state index in [1.807, 2.05) is 66.7 Å². The second-order valence-electron chi connectivity index (χ2n) is 14.1. The van der Waals surface area contributed by atoms with E-state index in [0.717, 1.165) is 5.69 Å². The number of hydrogen-bond donors (Lipinski definition) is 7. The Morgan fingerprint density at radius 3 is 2.08 bits per heavy atom. The summed E-state index contributed by atoms with van der Waals surface area (Å²) < 4.78 is 0. The molecule has 14 nitrogen and oxygen atoms in total. The largest absolute Gasteiger partial charge is 0.481 e. The first-order chi connectivity index (χ1) is 24.1.